The third kappa shape index (κ3) is 6.68. The highest BCUT2D eigenvalue weighted by atomic mass is 32.2. The van der Waals surface area contributed by atoms with Crippen LogP contribution in [-0.2, 0) is 14.9 Å². The van der Waals surface area contributed by atoms with Crippen molar-refractivity contribution in [2.24, 2.45) is 0 Å². The van der Waals surface area contributed by atoms with Gasteiger partial charge in [0.05, 0.1) is 11.8 Å². The van der Waals surface area contributed by atoms with Crippen molar-refractivity contribution < 1.29 is 17.8 Å². The molecule has 0 aromatic rings. The van der Waals surface area contributed by atoms with Gasteiger partial charge < -0.3 is 5.32 Å². The number of hydrogen-bond donors (Lipinski definition) is 2. The minimum atomic E-state index is -4.10. The van der Waals surface area contributed by atoms with E-state index in [9.17, 15) is 13.2 Å². The van der Waals surface area contributed by atoms with Gasteiger partial charge in [-0.15, -0.1) is 0 Å². The molecule has 5 nitrogen and oxygen atoms in total. The maximum Gasteiger partial charge on any atom is 0.266 e. The highest BCUT2D eigenvalue weighted by molar-refractivity contribution is 7.85. The van der Waals surface area contributed by atoms with Crippen molar-refractivity contribution in [2.45, 2.75) is 32.9 Å². The fourth-order valence-corrected chi connectivity index (χ4v) is 1.65. The molecule has 1 atom stereocenters. The van der Waals surface area contributed by atoms with E-state index in [2.05, 4.69) is 5.32 Å². The summed E-state index contributed by atoms with van der Waals surface area (Å²) in [7, 11) is -4.10. The molecule has 2 N–H and O–H groups in total. The molecule has 0 aromatic heterocycles. The van der Waals surface area contributed by atoms with Crippen LogP contribution in [0.2, 0.25) is 0 Å². The number of nitrogens with one attached hydrogen (secondary N) is 1. The lowest BCUT2D eigenvalue weighted by Gasteiger charge is -2.16. The second kappa shape index (κ2) is 4.69. The largest absolute Gasteiger partial charge is 0.304 e. The lowest BCUT2D eigenvalue weighted by molar-refractivity contribution is -0.118. The van der Waals surface area contributed by atoms with E-state index in [-0.39, 0.29) is 11.8 Å². The molecule has 13 heavy (non-hydrogen) atoms. The van der Waals surface area contributed by atoms with Crippen molar-refractivity contribution in [1.29, 1.82) is 0 Å². The topological polar surface area (TPSA) is 83.5 Å². The summed E-state index contributed by atoms with van der Waals surface area (Å²) in [4.78, 5) is 10.9. The Morgan fingerprint density at radius 3 is 2.15 bits per heavy atom. The van der Waals surface area contributed by atoms with E-state index in [1.54, 1.807) is 13.8 Å². The molecule has 0 aliphatic carbocycles. The highest BCUT2D eigenvalue weighted by Crippen LogP contribution is 1.94. The molecule has 0 aliphatic rings. The normalized spacial score (nSPS) is 14.5. The summed E-state index contributed by atoms with van der Waals surface area (Å²) in [5.74, 6) is -0.869. The molecular formula is C7H15NO4S. The fraction of sp³-hybridized carbons (Fsp3) is 0.857. The Bertz CT molecular complexity index is 270. The van der Waals surface area contributed by atoms with Crippen LogP contribution in [0.25, 0.3) is 0 Å². The Morgan fingerprint density at radius 1 is 1.46 bits per heavy atom. The average molecular weight is 209 g/mol. The fourth-order valence-electron chi connectivity index (χ4n) is 0.896. The smallest absolute Gasteiger partial charge is 0.266 e. The molecule has 0 spiro atoms. The second-order valence-electron chi connectivity index (χ2n) is 3.23. The summed E-state index contributed by atoms with van der Waals surface area (Å²) in [6, 6.07) is -0.828. The van der Waals surface area contributed by atoms with E-state index in [1.807, 2.05) is 0 Å². The van der Waals surface area contributed by atoms with Crippen LogP contribution in [0.1, 0.15) is 20.8 Å². The molecule has 0 heterocycles. The van der Waals surface area contributed by atoms with E-state index >= 15 is 0 Å². The predicted octanol–water partition coefficient (Wildman–Crippen LogP) is -0.170. The number of Topliss-reactive ketones (excluding diaryl/α,β-unsaturated/α-hetero) is 1. The maximum atomic E-state index is 10.9. The van der Waals surface area contributed by atoms with Crippen LogP contribution in [0.4, 0.5) is 0 Å². The molecule has 1 unspecified atom stereocenters. The van der Waals surface area contributed by atoms with Gasteiger partial charge in [-0.05, 0) is 6.92 Å². The van der Waals surface area contributed by atoms with Crippen LogP contribution in [0, 0.1) is 0 Å². The van der Waals surface area contributed by atoms with E-state index in [4.69, 9.17) is 4.55 Å². The lowest BCUT2D eigenvalue weighted by atomic mass is 10.2. The summed E-state index contributed by atoms with van der Waals surface area (Å²) in [5.41, 5.74) is 0. The maximum absolute atomic E-state index is 10.9. The molecular weight excluding hydrogens is 194 g/mol. The quantitative estimate of drug-likeness (QED) is 0.614. The second-order valence-corrected chi connectivity index (χ2v) is 4.73. The van der Waals surface area contributed by atoms with Crippen LogP contribution < -0.4 is 5.32 Å². The van der Waals surface area contributed by atoms with E-state index in [1.165, 1.54) is 6.92 Å². The molecule has 0 saturated heterocycles. The Balaban J connectivity index is 4.37. The molecule has 0 amide bonds. The highest BCUT2D eigenvalue weighted by Gasteiger charge is 2.21. The van der Waals surface area contributed by atoms with Crippen LogP contribution in [0.15, 0.2) is 0 Å². The molecule has 0 fully saturated rings. The molecule has 0 bridgehead atoms. The van der Waals surface area contributed by atoms with Crippen molar-refractivity contribution in [3.63, 3.8) is 0 Å². The number of rotatable bonds is 5. The number of hydrogen-bond acceptors (Lipinski definition) is 4. The number of carbonyl (C=O) groups is 1. The van der Waals surface area contributed by atoms with Gasteiger partial charge in [0.25, 0.3) is 10.1 Å². The summed E-state index contributed by atoms with van der Waals surface area (Å²) in [6.07, 6.45) is 0. The number of ketones is 1. The first-order valence-corrected chi connectivity index (χ1v) is 5.55. The minimum Gasteiger partial charge on any atom is -0.304 e. The molecule has 0 radical (unpaired) electrons. The summed E-state index contributed by atoms with van der Waals surface area (Å²) < 4.78 is 29.5. The summed E-state index contributed by atoms with van der Waals surface area (Å²) >= 11 is 0. The van der Waals surface area contributed by atoms with Gasteiger partial charge in [0, 0.05) is 6.04 Å². The van der Waals surface area contributed by atoms with Gasteiger partial charge in [-0.1, -0.05) is 13.8 Å². The monoisotopic (exact) mass is 209 g/mol. The van der Waals surface area contributed by atoms with Gasteiger partial charge >= 0.3 is 0 Å². The average Bonchev–Trinajstić information content (AvgIpc) is 1.81. The van der Waals surface area contributed by atoms with Crippen molar-refractivity contribution in [1.82, 2.24) is 5.32 Å². The zero-order chi connectivity index (χ0) is 10.6. The van der Waals surface area contributed by atoms with E-state index in [0.29, 0.717) is 0 Å². The first-order valence-electron chi connectivity index (χ1n) is 3.94. The van der Waals surface area contributed by atoms with Gasteiger partial charge in [-0.2, -0.15) is 8.42 Å². The molecule has 0 aliphatic heterocycles. The zero-order valence-electron chi connectivity index (χ0n) is 7.94. The summed E-state index contributed by atoms with van der Waals surface area (Å²) in [5, 5.41) is 2.75. The SMILES string of the molecule is CC(=O)C(CS(=O)(=O)O)NC(C)C. The van der Waals surface area contributed by atoms with Crippen LogP contribution >= 0.6 is 0 Å². The first-order chi connectivity index (χ1) is 5.72. The Kier molecular flexibility index (Phi) is 4.52. The van der Waals surface area contributed by atoms with Crippen LogP contribution in [0.5, 0.6) is 0 Å². The van der Waals surface area contributed by atoms with Crippen molar-refractivity contribution in [3.05, 3.63) is 0 Å². The molecule has 0 rings (SSSR count). The van der Waals surface area contributed by atoms with Gasteiger partial charge in [-0.25, -0.2) is 0 Å². The predicted molar refractivity (Wildman–Crippen MR) is 49.2 cm³/mol. The third-order valence-corrected chi connectivity index (χ3v) is 2.16. The molecule has 0 saturated carbocycles. The Morgan fingerprint density at radius 2 is 1.92 bits per heavy atom. The zero-order valence-corrected chi connectivity index (χ0v) is 8.76. The minimum absolute atomic E-state index is 0.00403. The molecule has 0 aromatic carbocycles. The van der Waals surface area contributed by atoms with Crippen LogP contribution in [0.3, 0.4) is 0 Å². The summed E-state index contributed by atoms with van der Waals surface area (Å²) in [6.45, 7) is 4.87. The first kappa shape index (κ1) is 12.5. The molecule has 6 heteroatoms. The Labute approximate surface area is 78.3 Å². The number of carbonyl (C=O) groups excluding carboxylic acids is 1. The van der Waals surface area contributed by atoms with Crippen molar-refractivity contribution in [2.75, 3.05) is 5.75 Å². The Hall–Kier alpha value is -0.460. The van der Waals surface area contributed by atoms with E-state index in [0.717, 1.165) is 0 Å². The standard InChI is InChI=1S/C7H15NO4S/c1-5(2)8-7(6(3)9)4-13(10,11)12/h5,7-8H,4H2,1-3H3,(H,10,11,12). The van der Waals surface area contributed by atoms with Gasteiger partial charge in [0.2, 0.25) is 0 Å². The van der Waals surface area contributed by atoms with E-state index < -0.39 is 21.9 Å². The van der Waals surface area contributed by atoms with Gasteiger partial charge in [0.15, 0.2) is 0 Å². The van der Waals surface area contributed by atoms with Crippen molar-refractivity contribution >= 4 is 15.9 Å². The molecule has 78 valence electrons. The van der Waals surface area contributed by atoms with Gasteiger partial charge in [-0.3, -0.25) is 9.35 Å². The lowest BCUT2D eigenvalue weighted by Crippen LogP contribution is -2.44. The van der Waals surface area contributed by atoms with Gasteiger partial charge in [0.1, 0.15) is 5.78 Å². The van der Waals surface area contributed by atoms with Crippen molar-refractivity contribution in [3.8, 4) is 0 Å². The van der Waals surface area contributed by atoms with Crippen LogP contribution in [-0.4, -0.2) is 36.6 Å². The third-order valence-electron chi connectivity index (χ3n) is 1.40.